The van der Waals surface area contributed by atoms with Gasteiger partial charge in [0, 0.05) is 39.8 Å². The summed E-state index contributed by atoms with van der Waals surface area (Å²) in [7, 11) is 5.39. The summed E-state index contributed by atoms with van der Waals surface area (Å²) >= 11 is 0. The molecule has 2 aromatic rings. The van der Waals surface area contributed by atoms with Crippen LogP contribution in [0, 0.1) is 0 Å². The fraction of sp³-hybridized carbons (Fsp3) is 0.364. The van der Waals surface area contributed by atoms with Crippen molar-refractivity contribution in [3.63, 3.8) is 0 Å². The number of rotatable bonds is 6. The van der Waals surface area contributed by atoms with Crippen molar-refractivity contribution < 1.29 is 9.59 Å². The molecule has 1 atom stereocenters. The second-order valence-electron chi connectivity index (χ2n) is 7.27. The van der Waals surface area contributed by atoms with Crippen LogP contribution in [0.25, 0.3) is 0 Å². The third-order valence-corrected chi connectivity index (χ3v) is 5.06. The molecule has 2 aromatic carbocycles. The van der Waals surface area contributed by atoms with Crippen molar-refractivity contribution in [2.45, 2.75) is 31.8 Å². The lowest BCUT2D eigenvalue weighted by Crippen LogP contribution is -2.44. The number of amides is 2. The van der Waals surface area contributed by atoms with E-state index in [2.05, 4.69) is 11.4 Å². The average molecular weight is 365 g/mol. The minimum absolute atomic E-state index is 0.0714. The number of carbonyl (C=O) groups is 2. The summed E-state index contributed by atoms with van der Waals surface area (Å²) in [5.74, 6) is 0.232. The predicted molar refractivity (Wildman–Crippen MR) is 108 cm³/mol. The standard InChI is InChI=1S/C22H27N3O2/c1-24(2)22(27)19(14-16-7-5-4-6-8-16)23-15-17-9-11-20-18(13-17)10-12-21(26)25(20)3/h4-9,11,13,19,23H,10,12,14-15H2,1-3H3. The summed E-state index contributed by atoms with van der Waals surface area (Å²) in [6.45, 7) is 0.613. The molecule has 0 saturated heterocycles. The van der Waals surface area contributed by atoms with Gasteiger partial charge in [0.25, 0.3) is 0 Å². The lowest BCUT2D eigenvalue weighted by atomic mass is 9.98. The molecular weight excluding hydrogens is 338 g/mol. The van der Waals surface area contributed by atoms with Gasteiger partial charge in [0.2, 0.25) is 11.8 Å². The smallest absolute Gasteiger partial charge is 0.239 e. The van der Waals surface area contributed by atoms with Gasteiger partial charge in [-0.25, -0.2) is 0 Å². The molecular formula is C22H27N3O2. The number of benzene rings is 2. The maximum Gasteiger partial charge on any atom is 0.239 e. The molecule has 0 bridgehead atoms. The Labute approximate surface area is 161 Å². The van der Waals surface area contributed by atoms with Crippen molar-refractivity contribution >= 4 is 17.5 Å². The molecule has 0 spiro atoms. The SMILES string of the molecule is CN(C)C(=O)C(Cc1ccccc1)NCc1ccc2c(c1)CCC(=O)N2C. The van der Waals surface area contributed by atoms with Crippen LogP contribution in [0.1, 0.15) is 23.1 Å². The van der Waals surface area contributed by atoms with E-state index in [9.17, 15) is 9.59 Å². The van der Waals surface area contributed by atoms with Crippen molar-refractivity contribution in [2.75, 3.05) is 26.0 Å². The number of carbonyl (C=O) groups excluding carboxylic acids is 2. The van der Waals surface area contributed by atoms with Crippen molar-refractivity contribution in [3.05, 3.63) is 65.2 Å². The van der Waals surface area contributed by atoms with Crippen LogP contribution >= 0.6 is 0 Å². The fourth-order valence-corrected chi connectivity index (χ4v) is 3.47. The maximum absolute atomic E-state index is 12.6. The largest absolute Gasteiger partial charge is 0.347 e. The van der Waals surface area contributed by atoms with Crippen LogP contribution < -0.4 is 10.2 Å². The highest BCUT2D eigenvalue weighted by Gasteiger charge is 2.22. The van der Waals surface area contributed by atoms with Gasteiger partial charge < -0.3 is 15.1 Å². The van der Waals surface area contributed by atoms with E-state index in [0.717, 1.165) is 23.2 Å². The number of hydrogen-bond acceptors (Lipinski definition) is 3. The molecule has 1 aliphatic heterocycles. The molecule has 142 valence electrons. The number of hydrogen-bond donors (Lipinski definition) is 1. The molecule has 5 heteroatoms. The molecule has 5 nitrogen and oxygen atoms in total. The number of nitrogens with zero attached hydrogens (tertiary/aromatic N) is 2. The highest BCUT2D eigenvalue weighted by atomic mass is 16.2. The summed E-state index contributed by atoms with van der Waals surface area (Å²) in [6.07, 6.45) is 1.98. The molecule has 1 aliphatic rings. The first-order chi connectivity index (χ1) is 13.0. The topological polar surface area (TPSA) is 52.7 Å². The monoisotopic (exact) mass is 365 g/mol. The van der Waals surface area contributed by atoms with Crippen molar-refractivity contribution in [1.82, 2.24) is 10.2 Å². The molecule has 0 aromatic heterocycles. The number of fused-ring (bicyclic) bond motifs is 1. The summed E-state index contributed by atoms with van der Waals surface area (Å²) in [5, 5.41) is 3.42. The van der Waals surface area contributed by atoms with E-state index >= 15 is 0 Å². The van der Waals surface area contributed by atoms with E-state index < -0.39 is 0 Å². The van der Waals surface area contributed by atoms with E-state index in [1.807, 2.05) is 49.5 Å². The van der Waals surface area contributed by atoms with Gasteiger partial charge >= 0.3 is 0 Å². The van der Waals surface area contributed by atoms with Crippen LogP contribution in [0.15, 0.2) is 48.5 Å². The summed E-state index contributed by atoms with van der Waals surface area (Å²) in [6, 6.07) is 16.0. The van der Waals surface area contributed by atoms with Gasteiger partial charge in [-0.15, -0.1) is 0 Å². The molecule has 0 radical (unpaired) electrons. The maximum atomic E-state index is 12.6. The zero-order chi connectivity index (χ0) is 19.4. The molecule has 0 saturated carbocycles. The van der Waals surface area contributed by atoms with Crippen molar-refractivity contribution in [2.24, 2.45) is 0 Å². The molecule has 1 unspecified atom stereocenters. The van der Waals surface area contributed by atoms with Gasteiger partial charge in [-0.1, -0.05) is 42.5 Å². The van der Waals surface area contributed by atoms with Crippen LogP contribution in [0.4, 0.5) is 5.69 Å². The summed E-state index contributed by atoms with van der Waals surface area (Å²) < 4.78 is 0. The Hall–Kier alpha value is -2.66. The predicted octanol–water partition coefficient (Wildman–Crippen LogP) is 2.38. The fourth-order valence-electron chi connectivity index (χ4n) is 3.47. The number of aryl methyl sites for hydroxylation is 1. The third kappa shape index (κ3) is 4.55. The Morgan fingerprint density at radius 3 is 2.56 bits per heavy atom. The Morgan fingerprint density at radius 1 is 1.11 bits per heavy atom. The van der Waals surface area contributed by atoms with Crippen LogP contribution in [0.5, 0.6) is 0 Å². The molecule has 2 amide bonds. The quantitative estimate of drug-likeness (QED) is 0.855. The molecule has 0 aliphatic carbocycles. The normalized spacial score (nSPS) is 14.6. The van der Waals surface area contributed by atoms with Crippen LogP contribution in [-0.2, 0) is 29.0 Å². The highest BCUT2D eigenvalue weighted by Crippen LogP contribution is 2.27. The zero-order valence-electron chi connectivity index (χ0n) is 16.2. The second kappa shape index (κ2) is 8.35. The molecule has 1 N–H and O–H groups in total. The van der Waals surface area contributed by atoms with Gasteiger partial charge in [-0.3, -0.25) is 9.59 Å². The molecule has 1 heterocycles. The van der Waals surface area contributed by atoms with E-state index in [-0.39, 0.29) is 17.9 Å². The molecule has 0 fully saturated rings. The summed E-state index contributed by atoms with van der Waals surface area (Å²) in [5.41, 5.74) is 4.44. The van der Waals surface area contributed by atoms with E-state index in [1.165, 1.54) is 5.56 Å². The van der Waals surface area contributed by atoms with Crippen molar-refractivity contribution in [1.29, 1.82) is 0 Å². The van der Waals surface area contributed by atoms with Crippen LogP contribution in [0.2, 0.25) is 0 Å². The number of anilines is 1. The highest BCUT2D eigenvalue weighted by molar-refractivity contribution is 5.95. The number of nitrogens with one attached hydrogen (secondary N) is 1. The minimum atomic E-state index is -0.275. The first-order valence-corrected chi connectivity index (χ1v) is 9.32. The van der Waals surface area contributed by atoms with Gasteiger partial charge in [0.1, 0.15) is 0 Å². The molecule has 3 rings (SSSR count). The zero-order valence-corrected chi connectivity index (χ0v) is 16.2. The van der Waals surface area contributed by atoms with E-state index in [0.29, 0.717) is 19.4 Å². The number of likely N-dealkylation sites (N-methyl/N-ethyl adjacent to an activating group) is 1. The minimum Gasteiger partial charge on any atom is -0.347 e. The van der Waals surface area contributed by atoms with E-state index in [1.54, 1.807) is 23.9 Å². The third-order valence-electron chi connectivity index (χ3n) is 5.06. The average Bonchev–Trinajstić information content (AvgIpc) is 2.68. The lowest BCUT2D eigenvalue weighted by Gasteiger charge is -2.26. The van der Waals surface area contributed by atoms with Gasteiger partial charge in [-0.2, -0.15) is 0 Å². The first-order valence-electron chi connectivity index (χ1n) is 9.32. The van der Waals surface area contributed by atoms with Crippen molar-refractivity contribution in [3.8, 4) is 0 Å². The Balaban J connectivity index is 1.71. The van der Waals surface area contributed by atoms with Gasteiger partial charge in [0.05, 0.1) is 6.04 Å². The Morgan fingerprint density at radius 2 is 1.85 bits per heavy atom. The second-order valence-corrected chi connectivity index (χ2v) is 7.27. The Bertz CT molecular complexity index is 818. The van der Waals surface area contributed by atoms with Crippen LogP contribution in [0.3, 0.4) is 0 Å². The first kappa shape index (κ1) is 19.1. The van der Waals surface area contributed by atoms with Gasteiger partial charge in [0.15, 0.2) is 0 Å². The molecule has 27 heavy (non-hydrogen) atoms. The van der Waals surface area contributed by atoms with Gasteiger partial charge in [-0.05, 0) is 35.6 Å². The Kier molecular flexibility index (Phi) is 5.91. The van der Waals surface area contributed by atoms with E-state index in [4.69, 9.17) is 0 Å². The van der Waals surface area contributed by atoms with Crippen LogP contribution in [-0.4, -0.2) is 43.9 Å². The summed E-state index contributed by atoms with van der Waals surface area (Å²) in [4.78, 5) is 27.8. The lowest BCUT2D eigenvalue weighted by molar-refractivity contribution is -0.131.